The summed E-state index contributed by atoms with van der Waals surface area (Å²) < 4.78 is 34.7. The molecule has 5 nitrogen and oxygen atoms in total. The number of carbonyl (C=O) groups excluding carboxylic acids is 1. The highest BCUT2D eigenvalue weighted by atomic mass is 19.1. The van der Waals surface area contributed by atoms with E-state index >= 15 is 0 Å². The third kappa shape index (κ3) is 4.61. The van der Waals surface area contributed by atoms with Gasteiger partial charge in [0.25, 0.3) is 0 Å². The number of halogens is 1. The Balaban J connectivity index is 2.55. The lowest BCUT2D eigenvalue weighted by Crippen LogP contribution is -2.26. The van der Waals surface area contributed by atoms with Crippen LogP contribution < -0.4 is 9.47 Å². The van der Waals surface area contributed by atoms with Crippen molar-refractivity contribution in [3.05, 3.63) is 35.6 Å². The van der Waals surface area contributed by atoms with Crippen LogP contribution >= 0.6 is 0 Å². The minimum Gasteiger partial charge on any atom is -0.467 e. The first kappa shape index (κ1) is 18.6. The average molecular weight is 346 g/mol. The van der Waals surface area contributed by atoms with Crippen LogP contribution in [-0.2, 0) is 9.47 Å². The van der Waals surface area contributed by atoms with Crippen molar-refractivity contribution in [2.24, 2.45) is 0 Å². The summed E-state index contributed by atoms with van der Waals surface area (Å²) >= 11 is 0. The number of methoxy groups -OCH3 is 1. The molecule has 0 saturated heterocycles. The standard InChI is InChI=1S/C19H19FO5/c1-6-14-15(20)8-7-12-9-13(23-11-22-5)10-16(17(12)14)24-18(21)25-19(2,3)4/h1,7-10H,11H2,2-5H3. The van der Waals surface area contributed by atoms with Crippen LogP contribution in [0.2, 0.25) is 0 Å². The van der Waals surface area contributed by atoms with Gasteiger partial charge in [-0.2, -0.15) is 0 Å². The maximum Gasteiger partial charge on any atom is 0.514 e. The monoisotopic (exact) mass is 346 g/mol. The van der Waals surface area contributed by atoms with Crippen LogP contribution in [0, 0.1) is 18.2 Å². The summed E-state index contributed by atoms with van der Waals surface area (Å²) in [6, 6.07) is 5.85. The fourth-order valence-corrected chi connectivity index (χ4v) is 2.17. The number of fused-ring (bicyclic) bond motifs is 1. The Kier molecular flexibility index (Phi) is 5.50. The summed E-state index contributed by atoms with van der Waals surface area (Å²) in [6.45, 7) is 5.12. The van der Waals surface area contributed by atoms with E-state index < -0.39 is 17.6 Å². The van der Waals surface area contributed by atoms with Crippen molar-refractivity contribution in [2.45, 2.75) is 26.4 Å². The summed E-state index contributed by atoms with van der Waals surface area (Å²) in [5, 5.41) is 0.847. The Morgan fingerprint density at radius 2 is 2.00 bits per heavy atom. The Hall–Kier alpha value is -2.78. The summed E-state index contributed by atoms with van der Waals surface area (Å²) in [6.07, 6.45) is 4.50. The number of carbonyl (C=O) groups is 1. The fraction of sp³-hybridized carbons (Fsp3) is 0.316. The van der Waals surface area contributed by atoms with Crippen LogP contribution in [0.25, 0.3) is 10.8 Å². The molecule has 0 N–H and O–H groups in total. The lowest BCUT2D eigenvalue weighted by Gasteiger charge is -2.19. The molecule has 0 aromatic heterocycles. The minimum absolute atomic E-state index is 0.000570. The molecule has 0 aliphatic heterocycles. The number of benzene rings is 2. The Morgan fingerprint density at radius 1 is 1.28 bits per heavy atom. The maximum atomic E-state index is 14.0. The first-order chi connectivity index (χ1) is 11.7. The lowest BCUT2D eigenvalue weighted by molar-refractivity contribution is 0.0207. The number of ether oxygens (including phenoxy) is 4. The average Bonchev–Trinajstić information content (AvgIpc) is 2.51. The topological polar surface area (TPSA) is 54.0 Å². The van der Waals surface area contributed by atoms with Gasteiger partial charge in [-0.1, -0.05) is 12.0 Å². The molecule has 0 saturated carbocycles. The van der Waals surface area contributed by atoms with Crippen molar-refractivity contribution < 1.29 is 28.1 Å². The molecule has 0 bridgehead atoms. The number of hydrogen-bond donors (Lipinski definition) is 0. The van der Waals surface area contributed by atoms with E-state index in [9.17, 15) is 9.18 Å². The molecule has 0 atom stereocenters. The molecule has 0 spiro atoms. The highest BCUT2D eigenvalue weighted by molar-refractivity contribution is 5.96. The van der Waals surface area contributed by atoms with Gasteiger partial charge in [0.1, 0.15) is 22.9 Å². The zero-order valence-corrected chi connectivity index (χ0v) is 14.5. The van der Waals surface area contributed by atoms with E-state index in [4.69, 9.17) is 25.4 Å². The number of hydrogen-bond acceptors (Lipinski definition) is 5. The van der Waals surface area contributed by atoms with Crippen LogP contribution in [0.15, 0.2) is 24.3 Å². The van der Waals surface area contributed by atoms with Crippen molar-refractivity contribution in [1.29, 1.82) is 0 Å². The van der Waals surface area contributed by atoms with Gasteiger partial charge in [0, 0.05) is 18.6 Å². The molecule has 0 aliphatic carbocycles. The highest BCUT2D eigenvalue weighted by Gasteiger charge is 2.21. The Bertz CT molecular complexity index is 830. The van der Waals surface area contributed by atoms with Gasteiger partial charge in [0.15, 0.2) is 6.79 Å². The maximum absolute atomic E-state index is 14.0. The molecule has 0 amide bonds. The van der Waals surface area contributed by atoms with E-state index in [0.29, 0.717) is 11.1 Å². The molecule has 0 heterocycles. The predicted octanol–water partition coefficient (Wildman–Crippen LogP) is 4.26. The van der Waals surface area contributed by atoms with Gasteiger partial charge in [-0.15, -0.1) is 6.42 Å². The van der Waals surface area contributed by atoms with E-state index in [2.05, 4.69) is 5.92 Å². The molecule has 2 aromatic rings. The number of terminal acetylenes is 1. The second-order valence-electron chi connectivity index (χ2n) is 6.20. The van der Waals surface area contributed by atoms with Gasteiger partial charge < -0.3 is 18.9 Å². The third-order valence-electron chi connectivity index (χ3n) is 3.07. The van der Waals surface area contributed by atoms with E-state index in [1.165, 1.54) is 25.3 Å². The van der Waals surface area contributed by atoms with E-state index in [-0.39, 0.29) is 23.5 Å². The third-order valence-corrected chi connectivity index (χ3v) is 3.07. The fourth-order valence-electron chi connectivity index (χ4n) is 2.17. The molecule has 0 unspecified atom stereocenters. The number of rotatable bonds is 4. The smallest absolute Gasteiger partial charge is 0.467 e. The van der Waals surface area contributed by atoms with E-state index in [0.717, 1.165) is 0 Å². The quantitative estimate of drug-likeness (QED) is 0.358. The van der Waals surface area contributed by atoms with Crippen LogP contribution in [-0.4, -0.2) is 25.7 Å². The zero-order chi connectivity index (χ0) is 18.6. The first-order valence-electron chi connectivity index (χ1n) is 7.50. The Labute approximate surface area is 145 Å². The van der Waals surface area contributed by atoms with E-state index in [1.54, 1.807) is 26.8 Å². The van der Waals surface area contributed by atoms with Crippen molar-refractivity contribution >= 4 is 16.9 Å². The van der Waals surface area contributed by atoms with Gasteiger partial charge in [0.2, 0.25) is 0 Å². The summed E-state index contributed by atoms with van der Waals surface area (Å²) in [4.78, 5) is 12.0. The normalized spacial score (nSPS) is 11.0. The van der Waals surface area contributed by atoms with Gasteiger partial charge >= 0.3 is 6.16 Å². The molecule has 2 rings (SSSR count). The second-order valence-corrected chi connectivity index (χ2v) is 6.20. The second kappa shape index (κ2) is 7.41. The van der Waals surface area contributed by atoms with E-state index in [1.807, 2.05) is 0 Å². The van der Waals surface area contributed by atoms with Gasteiger partial charge in [0.05, 0.1) is 5.56 Å². The summed E-state index contributed by atoms with van der Waals surface area (Å²) in [5.74, 6) is 2.13. The SMILES string of the molecule is C#Cc1c(F)ccc2cc(OCOC)cc(OC(=O)OC(C)(C)C)c12. The molecule has 0 radical (unpaired) electrons. The molecular formula is C19H19FO5. The van der Waals surface area contributed by atoms with Crippen LogP contribution in [0.4, 0.5) is 9.18 Å². The van der Waals surface area contributed by atoms with Crippen LogP contribution in [0.1, 0.15) is 26.3 Å². The first-order valence-corrected chi connectivity index (χ1v) is 7.50. The zero-order valence-electron chi connectivity index (χ0n) is 14.5. The summed E-state index contributed by atoms with van der Waals surface area (Å²) in [7, 11) is 1.48. The molecule has 6 heteroatoms. The van der Waals surface area contributed by atoms with Gasteiger partial charge in [-0.05, 0) is 38.3 Å². The van der Waals surface area contributed by atoms with Crippen molar-refractivity contribution in [2.75, 3.05) is 13.9 Å². The molecule has 2 aromatic carbocycles. The molecule has 25 heavy (non-hydrogen) atoms. The largest absolute Gasteiger partial charge is 0.514 e. The van der Waals surface area contributed by atoms with Gasteiger partial charge in [-0.3, -0.25) is 0 Å². The van der Waals surface area contributed by atoms with Gasteiger partial charge in [-0.25, -0.2) is 9.18 Å². The van der Waals surface area contributed by atoms with Crippen molar-refractivity contribution in [3.63, 3.8) is 0 Å². The molecule has 132 valence electrons. The minimum atomic E-state index is -0.926. The highest BCUT2D eigenvalue weighted by Crippen LogP contribution is 2.35. The van der Waals surface area contributed by atoms with Crippen molar-refractivity contribution in [1.82, 2.24) is 0 Å². The molecule has 0 aliphatic rings. The predicted molar refractivity (Wildman–Crippen MR) is 91.2 cm³/mol. The molecule has 0 fully saturated rings. The van der Waals surface area contributed by atoms with Crippen molar-refractivity contribution in [3.8, 4) is 23.8 Å². The summed E-state index contributed by atoms with van der Waals surface area (Å²) in [5.41, 5.74) is -0.744. The molecular weight excluding hydrogens is 327 g/mol. The Morgan fingerprint density at radius 3 is 2.60 bits per heavy atom. The lowest BCUT2D eigenvalue weighted by atomic mass is 10.0. The van der Waals surface area contributed by atoms with Crippen LogP contribution in [0.3, 0.4) is 0 Å². The van der Waals surface area contributed by atoms with Crippen LogP contribution in [0.5, 0.6) is 11.5 Å².